The molecule has 0 heterocycles. The Labute approximate surface area is 100 Å². The molecule has 5 heteroatoms. The van der Waals surface area contributed by atoms with E-state index in [2.05, 4.69) is 10.6 Å². The fourth-order valence-corrected chi connectivity index (χ4v) is 1.40. The highest BCUT2D eigenvalue weighted by molar-refractivity contribution is 5.93. The van der Waals surface area contributed by atoms with Gasteiger partial charge in [0.05, 0.1) is 0 Å². The molecule has 0 aromatic heterocycles. The smallest absolute Gasteiger partial charge is 0.250 e. The van der Waals surface area contributed by atoms with Crippen molar-refractivity contribution in [1.82, 2.24) is 0 Å². The minimum atomic E-state index is -0.206. The van der Waals surface area contributed by atoms with E-state index in [0.29, 0.717) is 11.4 Å². The average Bonchev–Trinajstić information content (AvgIpc) is 2.21. The third-order valence-corrected chi connectivity index (χ3v) is 2.10. The van der Waals surface area contributed by atoms with Crippen molar-refractivity contribution in [2.24, 2.45) is 0 Å². The molecule has 1 aromatic carbocycles. The molecule has 5 nitrogen and oxygen atoms in total. The highest BCUT2D eigenvalue weighted by Gasteiger charge is 2.05. The van der Waals surface area contributed by atoms with E-state index in [0.717, 1.165) is 5.56 Å². The Morgan fingerprint density at radius 1 is 1.29 bits per heavy atom. The van der Waals surface area contributed by atoms with Gasteiger partial charge in [-0.1, -0.05) is 0 Å². The molecule has 0 unspecified atom stereocenters. The summed E-state index contributed by atoms with van der Waals surface area (Å²) in [6.07, 6.45) is 0. The molecule has 0 saturated heterocycles. The van der Waals surface area contributed by atoms with Crippen LogP contribution in [0.15, 0.2) is 18.2 Å². The van der Waals surface area contributed by atoms with Crippen LogP contribution in [0.2, 0.25) is 0 Å². The summed E-state index contributed by atoms with van der Waals surface area (Å²) in [4.78, 5) is 22.2. The molecule has 17 heavy (non-hydrogen) atoms. The molecule has 0 atom stereocenters. The predicted octanol–water partition coefficient (Wildman–Crippen LogP) is 1.54. The molecule has 0 aliphatic rings. The quantitative estimate of drug-likeness (QED) is 0.833. The van der Waals surface area contributed by atoms with Crippen LogP contribution in [0.1, 0.15) is 12.5 Å². The molecule has 0 aliphatic carbocycles. The highest BCUT2D eigenvalue weighted by atomic mass is 16.5. The zero-order valence-corrected chi connectivity index (χ0v) is 10.2. The summed E-state index contributed by atoms with van der Waals surface area (Å²) in [6.45, 7) is 3.32. The van der Waals surface area contributed by atoms with Gasteiger partial charge >= 0.3 is 0 Å². The standard InChI is InChI=1S/C12H16N2O3/c1-8-6-10(13-9(2)15)4-5-11(8)14-12(16)7-17-3/h4-6H,7H2,1-3H3,(H,13,15)(H,14,16). The van der Waals surface area contributed by atoms with Crippen molar-refractivity contribution >= 4 is 23.2 Å². The molecule has 0 bridgehead atoms. The number of hydrogen-bond acceptors (Lipinski definition) is 3. The lowest BCUT2D eigenvalue weighted by Crippen LogP contribution is -2.17. The maximum Gasteiger partial charge on any atom is 0.250 e. The van der Waals surface area contributed by atoms with Gasteiger partial charge in [0.2, 0.25) is 11.8 Å². The summed E-state index contributed by atoms with van der Waals surface area (Å²) in [5.74, 6) is -0.330. The fourth-order valence-electron chi connectivity index (χ4n) is 1.40. The predicted molar refractivity (Wildman–Crippen MR) is 66.0 cm³/mol. The van der Waals surface area contributed by atoms with Crippen LogP contribution in [-0.4, -0.2) is 25.5 Å². The lowest BCUT2D eigenvalue weighted by molar-refractivity contribution is -0.119. The summed E-state index contributed by atoms with van der Waals surface area (Å²) in [6, 6.07) is 5.27. The Kier molecular flexibility index (Phi) is 4.66. The molecule has 92 valence electrons. The van der Waals surface area contributed by atoms with Gasteiger partial charge in [-0.25, -0.2) is 0 Å². The van der Waals surface area contributed by atoms with Crippen LogP contribution in [0.25, 0.3) is 0 Å². The Morgan fingerprint density at radius 3 is 2.53 bits per heavy atom. The Bertz CT molecular complexity index is 430. The van der Waals surface area contributed by atoms with E-state index in [9.17, 15) is 9.59 Å². The van der Waals surface area contributed by atoms with Gasteiger partial charge in [0.15, 0.2) is 0 Å². The first-order chi connectivity index (χ1) is 8.02. The number of hydrogen-bond donors (Lipinski definition) is 2. The molecule has 0 fully saturated rings. The molecule has 1 aromatic rings. The first-order valence-corrected chi connectivity index (χ1v) is 5.20. The first-order valence-electron chi connectivity index (χ1n) is 5.20. The minimum Gasteiger partial charge on any atom is -0.375 e. The van der Waals surface area contributed by atoms with Crippen LogP contribution >= 0.6 is 0 Å². The summed E-state index contributed by atoms with van der Waals surface area (Å²) in [5.41, 5.74) is 2.29. The Hall–Kier alpha value is -1.88. The van der Waals surface area contributed by atoms with Gasteiger partial charge in [0.1, 0.15) is 6.61 Å². The number of rotatable bonds is 4. The fraction of sp³-hybridized carbons (Fsp3) is 0.333. The van der Waals surface area contributed by atoms with Crippen LogP contribution in [0.5, 0.6) is 0 Å². The second-order valence-electron chi connectivity index (χ2n) is 3.69. The van der Waals surface area contributed by atoms with E-state index in [1.54, 1.807) is 18.2 Å². The van der Waals surface area contributed by atoms with Crippen molar-refractivity contribution < 1.29 is 14.3 Å². The number of anilines is 2. The lowest BCUT2D eigenvalue weighted by Gasteiger charge is -2.10. The van der Waals surface area contributed by atoms with Gasteiger partial charge in [-0.05, 0) is 30.7 Å². The van der Waals surface area contributed by atoms with Gasteiger partial charge in [-0.15, -0.1) is 0 Å². The van der Waals surface area contributed by atoms with Gasteiger partial charge < -0.3 is 15.4 Å². The van der Waals surface area contributed by atoms with Crippen LogP contribution in [0.4, 0.5) is 11.4 Å². The van der Waals surface area contributed by atoms with Gasteiger partial charge in [0, 0.05) is 25.4 Å². The summed E-state index contributed by atoms with van der Waals surface area (Å²) >= 11 is 0. The molecule has 0 aliphatic heterocycles. The second-order valence-corrected chi connectivity index (χ2v) is 3.69. The minimum absolute atomic E-state index is 0.0207. The zero-order chi connectivity index (χ0) is 12.8. The van der Waals surface area contributed by atoms with E-state index >= 15 is 0 Å². The topological polar surface area (TPSA) is 67.4 Å². The number of aryl methyl sites for hydroxylation is 1. The number of carbonyl (C=O) groups is 2. The molecular formula is C12H16N2O3. The van der Waals surface area contributed by atoms with Gasteiger partial charge in [-0.2, -0.15) is 0 Å². The molecule has 0 saturated carbocycles. The van der Waals surface area contributed by atoms with Crippen molar-refractivity contribution in [1.29, 1.82) is 0 Å². The highest BCUT2D eigenvalue weighted by Crippen LogP contribution is 2.19. The van der Waals surface area contributed by atoms with Crippen LogP contribution < -0.4 is 10.6 Å². The van der Waals surface area contributed by atoms with Crippen LogP contribution in [-0.2, 0) is 14.3 Å². The molecule has 2 amide bonds. The molecule has 0 radical (unpaired) electrons. The van der Waals surface area contributed by atoms with E-state index in [-0.39, 0.29) is 18.4 Å². The largest absolute Gasteiger partial charge is 0.375 e. The summed E-state index contributed by atoms with van der Waals surface area (Å²) < 4.78 is 4.72. The van der Waals surface area contributed by atoms with Gasteiger partial charge in [-0.3, -0.25) is 9.59 Å². The van der Waals surface area contributed by atoms with E-state index in [4.69, 9.17) is 4.74 Å². The van der Waals surface area contributed by atoms with Crippen molar-refractivity contribution in [2.45, 2.75) is 13.8 Å². The third kappa shape index (κ3) is 4.24. The Morgan fingerprint density at radius 2 is 2.00 bits per heavy atom. The molecule has 2 N–H and O–H groups in total. The Balaban J connectivity index is 2.75. The van der Waals surface area contributed by atoms with E-state index in [1.807, 2.05) is 6.92 Å². The number of benzene rings is 1. The van der Waals surface area contributed by atoms with Crippen molar-refractivity contribution in [3.05, 3.63) is 23.8 Å². The monoisotopic (exact) mass is 236 g/mol. The normalized spacial score (nSPS) is 9.82. The zero-order valence-electron chi connectivity index (χ0n) is 10.2. The lowest BCUT2D eigenvalue weighted by atomic mass is 10.1. The summed E-state index contributed by atoms with van der Waals surface area (Å²) in [7, 11) is 1.46. The van der Waals surface area contributed by atoms with Gasteiger partial charge in [0.25, 0.3) is 0 Å². The molecular weight excluding hydrogens is 220 g/mol. The number of methoxy groups -OCH3 is 1. The average molecular weight is 236 g/mol. The van der Waals surface area contributed by atoms with Crippen LogP contribution in [0.3, 0.4) is 0 Å². The summed E-state index contributed by atoms with van der Waals surface area (Å²) in [5, 5.41) is 5.39. The van der Waals surface area contributed by atoms with E-state index in [1.165, 1.54) is 14.0 Å². The molecule has 0 spiro atoms. The number of carbonyl (C=O) groups excluding carboxylic acids is 2. The number of nitrogens with one attached hydrogen (secondary N) is 2. The first kappa shape index (κ1) is 13.2. The maximum absolute atomic E-state index is 11.3. The number of amides is 2. The third-order valence-electron chi connectivity index (χ3n) is 2.10. The number of ether oxygens (including phenoxy) is 1. The van der Waals surface area contributed by atoms with Crippen molar-refractivity contribution in [3.63, 3.8) is 0 Å². The maximum atomic E-state index is 11.3. The van der Waals surface area contributed by atoms with Crippen molar-refractivity contribution in [3.8, 4) is 0 Å². The SMILES string of the molecule is COCC(=O)Nc1ccc(NC(C)=O)cc1C. The van der Waals surface area contributed by atoms with Crippen LogP contribution in [0, 0.1) is 6.92 Å². The van der Waals surface area contributed by atoms with E-state index < -0.39 is 0 Å². The molecule has 1 rings (SSSR count). The second kappa shape index (κ2) is 6.00. The van der Waals surface area contributed by atoms with Crippen molar-refractivity contribution in [2.75, 3.05) is 24.4 Å².